The maximum atomic E-state index is 6.12. The third-order valence-electron chi connectivity index (χ3n) is 3.56. The highest BCUT2D eigenvalue weighted by Crippen LogP contribution is 2.33. The lowest BCUT2D eigenvalue weighted by Crippen LogP contribution is -2.37. The van der Waals surface area contributed by atoms with E-state index in [-0.39, 0.29) is 0 Å². The van der Waals surface area contributed by atoms with Gasteiger partial charge in [0.15, 0.2) is 0 Å². The van der Waals surface area contributed by atoms with Crippen molar-refractivity contribution in [1.82, 2.24) is 0 Å². The molecule has 72 valence electrons. The number of hydrogen-bond acceptors (Lipinski definition) is 1. The predicted molar refractivity (Wildman–Crippen MR) is 53.9 cm³/mol. The minimum absolute atomic E-state index is 0.483. The lowest BCUT2D eigenvalue weighted by atomic mass is 9.73. The molecule has 0 bridgehead atoms. The van der Waals surface area contributed by atoms with Crippen molar-refractivity contribution in [3.8, 4) is 0 Å². The highest BCUT2D eigenvalue weighted by molar-refractivity contribution is 4.82. The Labute approximate surface area is 76.7 Å². The highest BCUT2D eigenvalue weighted by atomic mass is 14.7. The standard InChI is InChI=1S/C11H23N/c1-4-9-5-6-10(8(2)3)7-11(9)12/h8-11H,4-7,12H2,1-3H3. The summed E-state index contributed by atoms with van der Waals surface area (Å²) in [6, 6.07) is 0.483. The molecule has 0 amide bonds. The summed E-state index contributed by atoms with van der Waals surface area (Å²) in [5, 5.41) is 0. The first-order valence-electron chi connectivity index (χ1n) is 5.40. The first-order valence-corrected chi connectivity index (χ1v) is 5.40. The summed E-state index contributed by atoms with van der Waals surface area (Å²) in [6.45, 7) is 6.91. The largest absolute Gasteiger partial charge is 0.327 e. The van der Waals surface area contributed by atoms with Crippen molar-refractivity contribution in [1.29, 1.82) is 0 Å². The Kier molecular flexibility index (Phi) is 3.57. The van der Waals surface area contributed by atoms with Crippen LogP contribution in [-0.2, 0) is 0 Å². The van der Waals surface area contributed by atoms with Gasteiger partial charge >= 0.3 is 0 Å². The monoisotopic (exact) mass is 169 g/mol. The van der Waals surface area contributed by atoms with Crippen molar-refractivity contribution in [2.24, 2.45) is 23.5 Å². The van der Waals surface area contributed by atoms with Crippen molar-refractivity contribution in [2.75, 3.05) is 0 Å². The number of hydrogen-bond donors (Lipinski definition) is 1. The summed E-state index contributed by atoms with van der Waals surface area (Å²) in [6.07, 6.45) is 5.30. The van der Waals surface area contributed by atoms with Crippen LogP contribution in [0.3, 0.4) is 0 Å². The molecule has 0 aliphatic heterocycles. The average molecular weight is 169 g/mol. The molecule has 1 rings (SSSR count). The Morgan fingerprint density at radius 3 is 2.42 bits per heavy atom. The van der Waals surface area contributed by atoms with E-state index in [0.717, 1.165) is 17.8 Å². The van der Waals surface area contributed by atoms with E-state index in [9.17, 15) is 0 Å². The number of nitrogens with two attached hydrogens (primary N) is 1. The van der Waals surface area contributed by atoms with Gasteiger partial charge in [0.05, 0.1) is 0 Å². The fourth-order valence-electron chi connectivity index (χ4n) is 2.41. The molecule has 1 aliphatic carbocycles. The molecule has 0 aromatic carbocycles. The van der Waals surface area contributed by atoms with Gasteiger partial charge in [-0.1, -0.05) is 27.2 Å². The molecular formula is C11H23N. The molecule has 0 aromatic rings. The van der Waals surface area contributed by atoms with Crippen LogP contribution >= 0.6 is 0 Å². The third kappa shape index (κ3) is 2.22. The van der Waals surface area contributed by atoms with E-state index in [1.807, 2.05) is 0 Å². The maximum absolute atomic E-state index is 6.12. The molecule has 12 heavy (non-hydrogen) atoms. The second kappa shape index (κ2) is 4.27. The Morgan fingerprint density at radius 2 is 2.00 bits per heavy atom. The molecule has 0 radical (unpaired) electrons. The van der Waals surface area contributed by atoms with Crippen LogP contribution in [-0.4, -0.2) is 6.04 Å². The van der Waals surface area contributed by atoms with Crippen molar-refractivity contribution >= 4 is 0 Å². The second-order valence-electron chi connectivity index (χ2n) is 4.65. The topological polar surface area (TPSA) is 26.0 Å². The van der Waals surface area contributed by atoms with Crippen LogP contribution in [0.4, 0.5) is 0 Å². The van der Waals surface area contributed by atoms with Gasteiger partial charge in [0, 0.05) is 6.04 Å². The quantitative estimate of drug-likeness (QED) is 0.676. The fourth-order valence-corrected chi connectivity index (χ4v) is 2.41. The Balaban J connectivity index is 2.40. The van der Waals surface area contributed by atoms with Crippen LogP contribution < -0.4 is 5.73 Å². The van der Waals surface area contributed by atoms with Gasteiger partial charge in [0.2, 0.25) is 0 Å². The predicted octanol–water partition coefficient (Wildman–Crippen LogP) is 2.80. The second-order valence-corrected chi connectivity index (χ2v) is 4.65. The van der Waals surface area contributed by atoms with Crippen molar-refractivity contribution in [3.63, 3.8) is 0 Å². The zero-order valence-corrected chi connectivity index (χ0v) is 8.72. The normalized spacial score (nSPS) is 37.2. The van der Waals surface area contributed by atoms with Crippen LogP contribution in [0.2, 0.25) is 0 Å². The SMILES string of the molecule is CCC1CCC(C(C)C)CC1N. The van der Waals surface area contributed by atoms with E-state index < -0.39 is 0 Å². The summed E-state index contributed by atoms with van der Waals surface area (Å²) in [4.78, 5) is 0. The van der Waals surface area contributed by atoms with Crippen molar-refractivity contribution < 1.29 is 0 Å². The van der Waals surface area contributed by atoms with Crippen LogP contribution in [0.1, 0.15) is 46.5 Å². The van der Waals surface area contributed by atoms with Gasteiger partial charge in [-0.2, -0.15) is 0 Å². The van der Waals surface area contributed by atoms with E-state index >= 15 is 0 Å². The lowest BCUT2D eigenvalue weighted by molar-refractivity contribution is 0.192. The summed E-state index contributed by atoms with van der Waals surface area (Å²) in [5.41, 5.74) is 6.12. The zero-order valence-electron chi connectivity index (χ0n) is 8.72. The van der Waals surface area contributed by atoms with Crippen LogP contribution in [0.5, 0.6) is 0 Å². The Bertz CT molecular complexity index is 131. The van der Waals surface area contributed by atoms with Crippen LogP contribution in [0.15, 0.2) is 0 Å². The molecule has 3 atom stereocenters. The minimum Gasteiger partial charge on any atom is -0.327 e. The van der Waals surface area contributed by atoms with Crippen molar-refractivity contribution in [3.05, 3.63) is 0 Å². The molecule has 1 fully saturated rings. The first kappa shape index (κ1) is 10.0. The van der Waals surface area contributed by atoms with Crippen molar-refractivity contribution in [2.45, 2.75) is 52.5 Å². The molecule has 1 nitrogen and oxygen atoms in total. The smallest absolute Gasteiger partial charge is 0.00697 e. The fraction of sp³-hybridized carbons (Fsp3) is 1.00. The van der Waals surface area contributed by atoms with Gasteiger partial charge in [0.1, 0.15) is 0 Å². The molecule has 0 heterocycles. The van der Waals surface area contributed by atoms with Gasteiger partial charge in [-0.05, 0) is 37.0 Å². The average Bonchev–Trinajstić information content (AvgIpc) is 2.04. The maximum Gasteiger partial charge on any atom is 0.00697 e. The highest BCUT2D eigenvalue weighted by Gasteiger charge is 2.27. The molecule has 1 aliphatic rings. The summed E-state index contributed by atoms with van der Waals surface area (Å²) < 4.78 is 0. The van der Waals surface area contributed by atoms with Gasteiger partial charge in [-0.3, -0.25) is 0 Å². The Hall–Kier alpha value is -0.0400. The minimum atomic E-state index is 0.483. The first-order chi connectivity index (χ1) is 5.65. The summed E-state index contributed by atoms with van der Waals surface area (Å²) in [5.74, 6) is 2.52. The zero-order chi connectivity index (χ0) is 9.14. The van der Waals surface area contributed by atoms with E-state index in [0.29, 0.717) is 6.04 Å². The molecule has 1 saturated carbocycles. The van der Waals surface area contributed by atoms with E-state index in [2.05, 4.69) is 20.8 Å². The molecule has 0 spiro atoms. The van der Waals surface area contributed by atoms with Gasteiger partial charge in [-0.15, -0.1) is 0 Å². The van der Waals surface area contributed by atoms with Crippen LogP contribution in [0.25, 0.3) is 0 Å². The van der Waals surface area contributed by atoms with Gasteiger partial charge in [0.25, 0.3) is 0 Å². The third-order valence-corrected chi connectivity index (χ3v) is 3.56. The number of rotatable bonds is 2. The van der Waals surface area contributed by atoms with E-state index in [1.54, 1.807) is 0 Å². The molecule has 1 heteroatoms. The Morgan fingerprint density at radius 1 is 1.33 bits per heavy atom. The molecule has 2 N–H and O–H groups in total. The lowest BCUT2D eigenvalue weighted by Gasteiger charge is -2.35. The van der Waals surface area contributed by atoms with Crippen LogP contribution in [0, 0.1) is 17.8 Å². The molecule has 0 aromatic heterocycles. The van der Waals surface area contributed by atoms with E-state index in [1.165, 1.54) is 25.7 Å². The van der Waals surface area contributed by atoms with Gasteiger partial charge in [-0.25, -0.2) is 0 Å². The molecule has 3 unspecified atom stereocenters. The van der Waals surface area contributed by atoms with Gasteiger partial charge < -0.3 is 5.73 Å². The molecular weight excluding hydrogens is 146 g/mol. The van der Waals surface area contributed by atoms with E-state index in [4.69, 9.17) is 5.73 Å². The summed E-state index contributed by atoms with van der Waals surface area (Å²) in [7, 11) is 0. The summed E-state index contributed by atoms with van der Waals surface area (Å²) >= 11 is 0. The molecule has 0 saturated heterocycles.